The van der Waals surface area contributed by atoms with Crippen LogP contribution >= 0.6 is 23.2 Å². The van der Waals surface area contributed by atoms with Crippen LogP contribution in [0.1, 0.15) is 12.0 Å². The van der Waals surface area contributed by atoms with E-state index < -0.39 is 0 Å². The van der Waals surface area contributed by atoms with Crippen LogP contribution in [0.25, 0.3) is 0 Å². The molecule has 8 heteroatoms. The number of nitrogens with zero attached hydrogens (tertiary/aromatic N) is 3. The van der Waals surface area contributed by atoms with Crippen LogP contribution in [0.15, 0.2) is 30.5 Å². The van der Waals surface area contributed by atoms with Crippen LogP contribution in [0, 0.1) is 0 Å². The Labute approximate surface area is 158 Å². The van der Waals surface area contributed by atoms with Gasteiger partial charge in [-0.05, 0) is 39.2 Å². The molecule has 1 aliphatic rings. The largest absolute Gasteiger partial charge is 0.338 e. The van der Waals surface area contributed by atoms with Gasteiger partial charge in [-0.3, -0.25) is 9.69 Å². The minimum atomic E-state index is -0.238. The van der Waals surface area contributed by atoms with Gasteiger partial charge in [0.1, 0.15) is 6.67 Å². The van der Waals surface area contributed by atoms with Gasteiger partial charge in [-0.2, -0.15) is 0 Å². The summed E-state index contributed by atoms with van der Waals surface area (Å²) in [5, 5.41) is 3.84. The normalized spacial score (nSPS) is 14.4. The summed E-state index contributed by atoms with van der Waals surface area (Å²) in [4.78, 5) is 29.4. The molecule has 0 unspecified atom stereocenters. The third kappa shape index (κ3) is 5.63. The van der Waals surface area contributed by atoms with Gasteiger partial charge in [0.15, 0.2) is 0 Å². The molecule has 0 atom stereocenters. The van der Waals surface area contributed by atoms with Gasteiger partial charge < -0.3 is 15.1 Å². The molecule has 1 heterocycles. The fraction of sp³-hybridized carbons (Fsp3) is 0.412. The average Bonchev–Trinajstić information content (AvgIpc) is 2.56. The summed E-state index contributed by atoms with van der Waals surface area (Å²) in [5.41, 5.74) is 0.667. The molecule has 0 radical (unpaired) electrons. The Balaban J connectivity index is 1.95. The van der Waals surface area contributed by atoms with Gasteiger partial charge >= 0.3 is 6.03 Å². The van der Waals surface area contributed by atoms with E-state index in [2.05, 4.69) is 10.2 Å². The Bertz CT molecular complexity index is 644. The van der Waals surface area contributed by atoms with Crippen molar-refractivity contribution in [3.8, 4) is 0 Å². The lowest BCUT2D eigenvalue weighted by atomic mass is 10.2. The SMILES string of the molecule is CN(C)CCCNC(=O)N1C=CC(=O)N(Cc2c(Cl)cccc2Cl)C1. The first-order chi connectivity index (χ1) is 11.9. The highest BCUT2D eigenvalue weighted by Gasteiger charge is 2.24. The van der Waals surface area contributed by atoms with Gasteiger partial charge in [-0.25, -0.2) is 4.79 Å². The highest BCUT2D eigenvalue weighted by Crippen LogP contribution is 2.26. The van der Waals surface area contributed by atoms with Crippen LogP contribution < -0.4 is 5.32 Å². The van der Waals surface area contributed by atoms with Gasteiger partial charge in [0.2, 0.25) is 5.91 Å². The van der Waals surface area contributed by atoms with Crippen LogP contribution in [0.5, 0.6) is 0 Å². The van der Waals surface area contributed by atoms with Crippen LogP contribution in [0.2, 0.25) is 10.0 Å². The van der Waals surface area contributed by atoms with Crippen LogP contribution in [-0.4, -0.2) is 60.5 Å². The number of carbonyl (C=O) groups excluding carboxylic acids is 2. The summed E-state index contributed by atoms with van der Waals surface area (Å²) in [6.45, 7) is 1.86. The van der Waals surface area contributed by atoms with Crippen molar-refractivity contribution < 1.29 is 9.59 Å². The van der Waals surface area contributed by atoms with E-state index in [-0.39, 0.29) is 25.2 Å². The minimum absolute atomic E-state index is 0.149. The molecule has 0 saturated heterocycles. The first-order valence-corrected chi connectivity index (χ1v) is 8.73. The van der Waals surface area contributed by atoms with E-state index in [1.807, 2.05) is 14.1 Å². The van der Waals surface area contributed by atoms with E-state index in [4.69, 9.17) is 23.2 Å². The second-order valence-electron chi connectivity index (χ2n) is 6.05. The lowest BCUT2D eigenvalue weighted by Gasteiger charge is -2.31. The molecule has 3 amide bonds. The first-order valence-electron chi connectivity index (χ1n) is 7.97. The molecule has 6 nitrogen and oxygen atoms in total. The lowest BCUT2D eigenvalue weighted by molar-refractivity contribution is -0.128. The number of nitrogens with one attached hydrogen (secondary N) is 1. The molecule has 0 spiro atoms. The maximum atomic E-state index is 12.2. The summed E-state index contributed by atoms with van der Waals surface area (Å²) >= 11 is 12.3. The number of rotatable bonds is 6. The van der Waals surface area contributed by atoms with E-state index in [9.17, 15) is 9.59 Å². The zero-order valence-electron chi connectivity index (χ0n) is 14.3. The van der Waals surface area contributed by atoms with E-state index in [0.717, 1.165) is 13.0 Å². The van der Waals surface area contributed by atoms with Crippen molar-refractivity contribution in [1.29, 1.82) is 0 Å². The Morgan fingerprint density at radius 2 is 1.96 bits per heavy atom. The van der Waals surface area contributed by atoms with E-state index in [0.29, 0.717) is 22.2 Å². The van der Waals surface area contributed by atoms with Gasteiger partial charge in [-0.1, -0.05) is 29.3 Å². The van der Waals surface area contributed by atoms with Crippen molar-refractivity contribution in [3.63, 3.8) is 0 Å². The van der Waals surface area contributed by atoms with Crippen molar-refractivity contribution in [2.24, 2.45) is 0 Å². The summed E-state index contributed by atoms with van der Waals surface area (Å²) in [7, 11) is 3.97. The first kappa shape index (κ1) is 19.6. The minimum Gasteiger partial charge on any atom is -0.338 e. The molecule has 2 rings (SSSR count). The third-order valence-corrected chi connectivity index (χ3v) is 4.47. The summed E-state index contributed by atoms with van der Waals surface area (Å²) in [6, 6.07) is 4.96. The zero-order valence-corrected chi connectivity index (χ0v) is 15.8. The number of hydrogen-bond acceptors (Lipinski definition) is 3. The van der Waals surface area contributed by atoms with Crippen molar-refractivity contribution in [2.45, 2.75) is 13.0 Å². The molecular formula is C17H22Cl2N4O2. The quantitative estimate of drug-likeness (QED) is 0.767. The average molecular weight is 385 g/mol. The van der Waals surface area contributed by atoms with Crippen molar-refractivity contribution in [2.75, 3.05) is 33.9 Å². The second-order valence-corrected chi connectivity index (χ2v) is 6.87. The summed E-state index contributed by atoms with van der Waals surface area (Å²) in [6.07, 6.45) is 3.72. The molecule has 0 fully saturated rings. The molecule has 0 aliphatic carbocycles. The number of benzene rings is 1. The number of urea groups is 1. The molecule has 1 aromatic rings. The van der Waals surface area contributed by atoms with Gasteiger partial charge in [-0.15, -0.1) is 0 Å². The molecule has 136 valence electrons. The topological polar surface area (TPSA) is 55.9 Å². The predicted molar refractivity (Wildman–Crippen MR) is 99.4 cm³/mol. The molecular weight excluding hydrogens is 363 g/mol. The van der Waals surface area contributed by atoms with Gasteiger partial charge in [0, 0.05) is 34.4 Å². The summed E-state index contributed by atoms with van der Waals surface area (Å²) < 4.78 is 0. The number of halogens is 2. The molecule has 25 heavy (non-hydrogen) atoms. The van der Waals surface area contributed by atoms with Gasteiger partial charge in [0.05, 0.1) is 6.54 Å². The van der Waals surface area contributed by atoms with Crippen LogP contribution in [0.3, 0.4) is 0 Å². The maximum absolute atomic E-state index is 12.2. The molecule has 0 saturated carbocycles. The highest BCUT2D eigenvalue weighted by atomic mass is 35.5. The number of amides is 3. The third-order valence-electron chi connectivity index (χ3n) is 3.76. The number of hydrogen-bond donors (Lipinski definition) is 1. The summed E-state index contributed by atoms with van der Waals surface area (Å²) in [5.74, 6) is -0.187. The van der Waals surface area contributed by atoms with Crippen molar-refractivity contribution in [1.82, 2.24) is 20.0 Å². The van der Waals surface area contributed by atoms with E-state index in [1.54, 1.807) is 18.2 Å². The zero-order chi connectivity index (χ0) is 18.4. The Morgan fingerprint density at radius 1 is 1.28 bits per heavy atom. The molecule has 1 aromatic carbocycles. The Kier molecular flexibility index (Phi) is 7.11. The Morgan fingerprint density at radius 3 is 2.60 bits per heavy atom. The smallest absolute Gasteiger partial charge is 0.322 e. The van der Waals surface area contributed by atoms with Crippen molar-refractivity contribution >= 4 is 35.1 Å². The molecule has 1 N–H and O–H groups in total. The Hall–Kier alpha value is -1.76. The lowest BCUT2D eigenvalue weighted by Crippen LogP contribution is -2.48. The van der Waals surface area contributed by atoms with Crippen LogP contribution in [-0.2, 0) is 11.3 Å². The predicted octanol–water partition coefficient (Wildman–Crippen LogP) is 2.77. The fourth-order valence-corrected chi connectivity index (χ4v) is 2.90. The molecule has 0 bridgehead atoms. The monoisotopic (exact) mass is 384 g/mol. The van der Waals surface area contributed by atoms with E-state index in [1.165, 1.54) is 22.1 Å². The highest BCUT2D eigenvalue weighted by molar-refractivity contribution is 6.36. The molecule has 1 aliphatic heterocycles. The van der Waals surface area contributed by atoms with Crippen molar-refractivity contribution in [3.05, 3.63) is 46.1 Å². The number of carbonyl (C=O) groups is 2. The standard InChI is InChI=1S/C17H22Cl2N4O2/c1-21(2)9-4-8-20-17(25)22-10-7-16(24)23(12-22)11-13-14(18)5-3-6-15(13)19/h3,5-7,10H,4,8-9,11-12H2,1-2H3,(H,20,25). The van der Waals surface area contributed by atoms with E-state index >= 15 is 0 Å². The fourth-order valence-electron chi connectivity index (χ4n) is 2.39. The maximum Gasteiger partial charge on any atom is 0.322 e. The van der Waals surface area contributed by atoms with Crippen LogP contribution in [0.4, 0.5) is 4.79 Å². The molecule has 0 aromatic heterocycles. The van der Waals surface area contributed by atoms with Gasteiger partial charge in [0.25, 0.3) is 0 Å². The second kappa shape index (κ2) is 9.08.